The van der Waals surface area contributed by atoms with Gasteiger partial charge in [-0.05, 0) is 37.0 Å². The Bertz CT molecular complexity index is 1140. The molecule has 3 aromatic rings. The standard InChI is InChI=1S/C24H29N3O3/c1-17(2)12-14-25-22(28)13-15-26-20-6-4-5-7-21(20)27(24(30)23(26)29)16-19-10-8-18(3)9-11-19/h4-11,17H,12-16H2,1-3H3,(H,25,28). The van der Waals surface area contributed by atoms with Crippen LogP contribution in [-0.4, -0.2) is 21.6 Å². The maximum Gasteiger partial charge on any atom is 0.317 e. The van der Waals surface area contributed by atoms with Gasteiger partial charge in [-0.25, -0.2) is 0 Å². The van der Waals surface area contributed by atoms with Crippen molar-refractivity contribution in [2.75, 3.05) is 6.54 Å². The van der Waals surface area contributed by atoms with Gasteiger partial charge in [0, 0.05) is 19.5 Å². The summed E-state index contributed by atoms with van der Waals surface area (Å²) in [5.41, 5.74) is 2.25. The van der Waals surface area contributed by atoms with E-state index in [9.17, 15) is 14.4 Å². The number of para-hydroxylation sites is 2. The third-order valence-corrected chi connectivity index (χ3v) is 5.20. The molecular formula is C24H29N3O3. The number of rotatable bonds is 8. The number of nitrogens with zero attached hydrogens (tertiary/aromatic N) is 2. The lowest BCUT2D eigenvalue weighted by Crippen LogP contribution is -2.42. The number of amides is 1. The summed E-state index contributed by atoms with van der Waals surface area (Å²) in [7, 11) is 0. The molecule has 0 atom stereocenters. The van der Waals surface area contributed by atoms with E-state index in [1.807, 2.05) is 55.5 Å². The molecule has 1 heterocycles. The van der Waals surface area contributed by atoms with Gasteiger partial charge in [0.15, 0.2) is 0 Å². The van der Waals surface area contributed by atoms with Crippen LogP contribution in [0.5, 0.6) is 0 Å². The van der Waals surface area contributed by atoms with Crippen LogP contribution in [0.15, 0.2) is 58.1 Å². The van der Waals surface area contributed by atoms with Gasteiger partial charge in [0.05, 0.1) is 17.6 Å². The van der Waals surface area contributed by atoms with Crippen molar-refractivity contribution in [3.05, 3.63) is 80.4 Å². The highest BCUT2D eigenvalue weighted by Gasteiger charge is 2.14. The molecule has 0 saturated carbocycles. The fraction of sp³-hybridized carbons (Fsp3) is 0.375. The van der Waals surface area contributed by atoms with E-state index in [0.717, 1.165) is 17.5 Å². The fourth-order valence-corrected chi connectivity index (χ4v) is 3.43. The van der Waals surface area contributed by atoms with Crippen LogP contribution in [-0.2, 0) is 17.9 Å². The monoisotopic (exact) mass is 407 g/mol. The number of hydrogen-bond donors (Lipinski definition) is 1. The van der Waals surface area contributed by atoms with Gasteiger partial charge in [-0.2, -0.15) is 0 Å². The average molecular weight is 408 g/mol. The minimum absolute atomic E-state index is 0.115. The first-order valence-corrected chi connectivity index (χ1v) is 10.4. The van der Waals surface area contributed by atoms with Gasteiger partial charge in [-0.15, -0.1) is 0 Å². The van der Waals surface area contributed by atoms with Crippen LogP contribution < -0.4 is 16.4 Å². The van der Waals surface area contributed by atoms with Gasteiger partial charge in [0.2, 0.25) is 5.91 Å². The first-order valence-electron chi connectivity index (χ1n) is 10.4. The van der Waals surface area contributed by atoms with E-state index in [4.69, 9.17) is 0 Å². The molecule has 30 heavy (non-hydrogen) atoms. The largest absolute Gasteiger partial charge is 0.356 e. The van der Waals surface area contributed by atoms with Crippen molar-refractivity contribution in [2.24, 2.45) is 5.92 Å². The number of hydrogen-bond acceptors (Lipinski definition) is 3. The zero-order chi connectivity index (χ0) is 21.7. The molecule has 2 aromatic carbocycles. The molecule has 0 fully saturated rings. The van der Waals surface area contributed by atoms with Crippen LogP contribution in [0.4, 0.5) is 0 Å². The van der Waals surface area contributed by atoms with E-state index in [0.29, 0.717) is 30.0 Å². The molecule has 1 aromatic heterocycles. The van der Waals surface area contributed by atoms with Crippen molar-refractivity contribution in [3.63, 3.8) is 0 Å². The highest BCUT2D eigenvalue weighted by Crippen LogP contribution is 2.13. The zero-order valence-electron chi connectivity index (χ0n) is 17.9. The average Bonchev–Trinajstić information content (AvgIpc) is 2.72. The number of benzene rings is 2. The summed E-state index contributed by atoms with van der Waals surface area (Å²) in [5, 5.41) is 2.88. The molecule has 1 amide bonds. The van der Waals surface area contributed by atoms with Crippen LogP contribution in [0.3, 0.4) is 0 Å². The second-order valence-electron chi connectivity index (χ2n) is 8.10. The number of carbonyl (C=O) groups excluding carboxylic acids is 1. The lowest BCUT2D eigenvalue weighted by molar-refractivity contribution is -0.121. The van der Waals surface area contributed by atoms with E-state index in [1.165, 1.54) is 9.13 Å². The molecule has 6 nitrogen and oxygen atoms in total. The highest BCUT2D eigenvalue weighted by molar-refractivity contribution is 5.77. The number of aryl methyl sites for hydroxylation is 2. The second kappa shape index (κ2) is 9.57. The van der Waals surface area contributed by atoms with Crippen molar-refractivity contribution in [1.29, 1.82) is 0 Å². The number of nitrogens with one attached hydrogen (secondary N) is 1. The topological polar surface area (TPSA) is 73.1 Å². The van der Waals surface area contributed by atoms with E-state index < -0.39 is 11.1 Å². The molecule has 0 aliphatic heterocycles. The Kier molecular flexibility index (Phi) is 6.87. The van der Waals surface area contributed by atoms with Gasteiger partial charge in [-0.1, -0.05) is 55.8 Å². The minimum Gasteiger partial charge on any atom is -0.356 e. The second-order valence-corrected chi connectivity index (χ2v) is 8.10. The summed E-state index contributed by atoms with van der Waals surface area (Å²) in [5.74, 6) is 0.397. The van der Waals surface area contributed by atoms with Gasteiger partial charge in [0.25, 0.3) is 0 Å². The Labute approximate surface area is 176 Å². The SMILES string of the molecule is Cc1ccc(Cn2c(=O)c(=O)n(CCC(=O)NCCC(C)C)c3ccccc32)cc1. The van der Waals surface area contributed by atoms with E-state index in [-0.39, 0.29) is 18.9 Å². The molecule has 0 unspecified atom stereocenters. The van der Waals surface area contributed by atoms with Crippen LogP contribution in [0, 0.1) is 12.8 Å². The summed E-state index contributed by atoms with van der Waals surface area (Å²) >= 11 is 0. The summed E-state index contributed by atoms with van der Waals surface area (Å²) < 4.78 is 2.94. The van der Waals surface area contributed by atoms with Gasteiger partial charge < -0.3 is 9.88 Å². The Hall–Kier alpha value is -3.15. The maximum atomic E-state index is 12.9. The number of aromatic nitrogens is 2. The first kappa shape index (κ1) is 21.6. The Balaban J connectivity index is 1.89. The lowest BCUT2D eigenvalue weighted by Gasteiger charge is -2.15. The summed E-state index contributed by atoms with van der Waals surface area (Å²) in [6.07, 6.45) is 1.06. The molecule has 6 heteroatoms. The predicted molar refractivity (Wildman–Crippen MR) is 120 cm³/mol. The van der Waals surface area contributed by atoms with Crippen molar-refractivity contribution in [3.8, 4) is 0 Å². The summed E-state index contributed by atoms with van der Waals surface area (Å²) in [4.78, 5) is 37.9. The molecule has 0 bridgehead atoms. The molecule has 158 valence electrons. The number of carbonyl (C=O) groups is 1. The molecular weight excluding hydrogens is 378 g/mol. The summed E-state index contributed by atoms with van der Waals surface area (Å²) in [6.45, 7) is 7.32. The van der Waals surface area contributed by atoms with E-state index in [1.54, 1.807) is 0 Å². The fourth-order valence-electron chi connectivity index (χ4n) is 3.43. The first-order chi connectivity index (χ1) is 14.4. The van der Waals surface area contributed by atoms with Gasteiger partial charge >= 0.3 is 11.1 Å². The smallest absolute Gasteiger partial charge is 0.317 e. The normalized spacial score (nSPS) is 11.2. The minimum atomic E-state index is -0.601. The zero-order valence-corrected chi connectivity index (χ0v) is 17.9. The summed E-state index contributed by atoms with van der Waals surface area (Å²) in [6, 6.07) is 15.2. The van der Waals surface area contributed by atoms with Gasteiger partial charge in [0.1, 0.15) is 0 Å². The molecule has 3 rings (SSSR count). The van der Waals surface area contributed by atoms with Crippen molar-refractivity contribution in [2.45, 2.75) is 46.7 Å². The third-order valence-electron chi connectivity index (χ3n) is 5.20. The maximum absolute atomic E-state index is 12.9. The molecule has 0 spiro atoms. The van der Waals surface area contributed by atoms with Crippen LogP contribution >= 0.6 is 0 Å². The van der Waals surface area contributed by atoms with Crippen molar-refractivity contribution in [1.82, 2.24) is 14.5 Å². The highest BCUT2D eigenvalue weighted by atomic mass is 16.2. The van der Waals surface area contributed by atoms with E-state index >= 15 is 0 Å². The van der Waals surface area contributed by atoms with E-state index in [2.05, 4.69) is 19.2 Å². The Morgan fingerprint density at radius 2 is 1.53 bits per heavy atom. The lowest BCUT2D eigenvalue weighted by atomic mass is 10.1. The van der Waals surface area contributed by atoms with Crippen molar-refractivity contribution < 1.29 is 4.79 Å². The quantitative estimate of drug-likeness (QED) is 0.583. The van der Waals surface area contributed by atoms with Crippen LogP contribution in [0.1, 0.15) is 37.8 Å². The van der Waals surface area contributed by atoms with Crippen LogP contribution in [0.25, 0.3) is 11.0 Å². The third kappa shape index (κ3) is 5.06. The van der Waals surface area contributed by atoms with Crippen molar-refractivity contribution >= 4 is 16.9 Å². The number of fused-ring (bicyclic) bond motifs is 1. The predicted octanol–water partition coefficient (Wildman–Crippen LogP) is 3.07. The molecule has 0 aliphatic carbocycles. The van der Waals surface area contributed by atoms with Gasteiger partial charge in [-0.3, -0.25) is 19.0 Å². The molecule has 0 radical (unpaired) electrons. The Morgan fingerprint density at radius 3 is 2.17 bits per heavy atom. The Morgan fingerprint density at radius 1 is 0.933 bits per heavy atom. The molecule has 1 N–H and O–H groups in total. The molecule has 0 aliphatic rings. The molecule has 0 saturated heterocycles. The van der Waals surface area contributed by atoms with Crippen LogP contribution in [0.2, 0.25) is 0 Å².